The van der Waals surface area contributed by atoms with Crippen molar-refractivity contribution in [2.45, 2.75) is 24.7 Å². The summed E-state index contributed by atoms with van der Waals surface area (Å²) in [6.07, 6.45) is -2.57. The quantitative estimate of drug-likeness (QED) is 0.421. The van der Waals surface area contributed by atoms with E-state index in [2.05, 4.69) is 15.5 Å². The lowest BCUT2D eigenvalue weighted by Crippen LogP contribution is -2.38. The van der Waals surface area contributed by atoms with Crippen molar-refractivity contribution in [1.29, 1.82) is 0 Å². The molecular formula is C21H20F5N5O3. The van der Waals surface area contributed by atoms with Gasteiger partial charge in [0, 0.05) is 41.8 Å². The second kappa shape index (κ2) is 10.0. The Morgan fingerprint density at radius 2 is 1.91 bits per heavy atom. The Bertz CT molecular complexity index is 1180. The largest absolute Gasteiger partial charge is 0.490 e. The summed E-state index contributed by atoms with van der Waals surface area (Å²) in [6, 6.07) is 7.87. The van der Waals surface area contributed by atoms with Crippen LogP contribution in [-0.2, 0) is 9.59 Å². The molecule has 1 amide bonds. The van der Waals surface area contributed by atoms with Gasteiger partial charge in [-0.25, -0.2) is 13.6 Å². The Morgan fingerprint density at radius 1 is 1.21 bits per heavy atom. The molecule has 13 heteroatoms. The van der Waals surface area contributed by atoms with Crippen molar-refractivity contribution in [3.63, 3.8) is 0 Å². The van der Waals surface area contributed by atoms with Crippen LogP contribution in [0.4, 0.5) is 27.6 Å². The zero-order valence-corrected chi connectivity index (χ0v) is 17.4. The van der Waals surface area contributed by atoms with E-state index in [1.54, 1.807) is 11.1 Å². The maximum atomic E-state index is 13.9. The fraction of sp³-hybridized carbons (Fsp3) is 0.286. The third-order valence-electron chi connectivity index (χ3n) is 5.12. The number of anilines is 1. The number of carboxylic acid groups (broad SMARTS) is 1. The third-order valence-corrected chi connectivity index (χ3v) is 5.12. The van der Waals surface area contributed by atoms with E-state index < -0.39 is 29.8 Å². The van der Waals surface area contributed by atoms with Gasteiger partial charge >= 0.3 is 12.1 Å². The smallest absolute Gasteiger partial charge is 0.475 e. The van der Waals surface area contributed by atoms with Crippen molar-refractivity contribution in [2.75, 3.05) is 18.4 Å². The van der Waals surface area contributed by atoms with Gasteiger partial charge in [-0.1, -0.05) is 6.07 Å². The number of amides is 1. The molecule has 2 aromatic carbocycles. The second-order valence-electron chi connectivity index (χ2n) is 7.53. The second-order valence-corrected chi connectivity index (χ2v) is 7.53. The van der Waals surface area contributed by atoms with E-state index in [0.717, 1.165) is 35.1 Å². The first kappa shape index (κ1) is 24.9. The van der Waals surface area contributed by atoms with E-state index in [0.29, 0.717) is 13.1 Å². The van der Waals surface area contributed by atoms with Gasteiger partial charge in [0.2, 0.25) is 5.91 Å². The van der Waals surface area contributed by atoms with Crippen LogP contribution in [0.1, 0.15) is 18.0 Å². The molecule has 4 rings (SSSR count). The first-order valence-corrected chi connectivity index (χ1v) is 9.95. The number of carboxylic acids is 1. The van der Waals surface area contributed by atoms with Crippen LogP contribution >= 0.6 is 0 Å². The number of aromatic amines is 1. The van der Waals surface area contributed by atoms with Crippen molar-refractivity contribution in [3.05, 3.63) is 59.8 Å². The standard InChI is InChI=1S/C19H19F2N5O.C2HF3O2/c20-12-1-3-15(16(21)8-12)18(22)19(27)26-6-5-14(10-26)24-13-2-4-17-11(7-13)9-23-25-17;3-2(4,5)1(6)7/h1-4,7-9,14,18,24H,5-6,10,22H2,(H,23,25);(H,6,7). The molecule has 0 spiro atoms. The molecule has 2 atom stereocenters. The molecule has 2 heterocycles. The van der Waals surface area contributed by atoms with E-state index in [1.807, 2.05) is 18.2 Å². The van der Waals surface area contributed by atoms with Gasteiger partial charge in [-0.15, -0.1) is 0 Å². The minimum atomic E-state index is -5.08. The zero-order chi connectivity index (χ0) is 25.0. The predicted molar refractivity (Wildman–Crippen MR) is 112 cm³/mol. The number of carbonyl (C=O) groups is 2. The van der Waals surface area contributed by atoms with E-state index in [1.165, 1.54) is 6.07 Å². The molecule has 8 nitrogen and oxygen atoms in total. The number of alkyl halides is 3. The number of benzene rings is 2. The highest BCUT2D eigenvalue weighted by Gasteiger charge is 2.38. The minimum Gasteiger partial charge on any atom is -0.475 e. The van der Waals surface area contributed by atoms with Gasteiger partial charge < -0.3 is 21.1 Å². The lowest BCUT2D eigenvalue weighted by molar-refractivity contribution is -0.192. The molecule has 2 unspecified atom stereocenters. The van der Waals surface area contributed by atoms with Crippen molar-refractivity contribution in [3.8, 4) is 0 Å². The number of fused-ring (bicyclic) bond motifs is 1. The molecule has 1 aromatic heterocycles. The van der Waals surface area contributed by atoms with Crippen LogP contribution in [0.2, 0.25) is 0 Å². The van der Waals surface area contributed by atoms with Gasteiger partial charge in [0.15, 0.2) is 0 Å². The number of hydrogen-bond acceptors (Lipinski definition) is 5. The van der Waals surface area contributed by atoms with Crippen LogP contribution in [0.3, 0.4) is 0 Å². The van der Waals surface area contributed by atoms with Crippen LogP contribution < -0.4 is 11.1 Å². The van der Waals surface area contributed by atoms with Gasteiger partial charge in [0.05, 0.1) is 11.7 Å². The summed E-state index contributed by atoms with van der Waals surface area (Å²) in [5.41, 5.74) is 7.83. The normalized spacial score (nSPS) is 16.6. The molecule has 3 aromatic rings. The van der Waals surface area contributed by atoms with Crippen molar-refractivity contribution < 1.29 is 36.6 Å². The lowest BCUT2D eigenvalue weighted by Gasteiger charge is -2.22. The summed E-state index contributed by atoms with van der Waals surface area (Å²) in [7, 11) is 0. The number of aliphatic carboxylic acids is 1. The van der Waals surface area contributed by atoms with E-state index in [9.17, 15) is 26.7 Å². The van der Waals surface area contributed by atoms with Gasteiger partial charge in [-0.05, 0) is 30.7 Å². The minimum absolute atomic E-state index is 0.00298. The molecule has 0 aliphatic carbocycles. The molecule has 5 N–H and O–H groups in total. The number of hydrogen-bond donors (Lipinski definition) is 4. The van der Waals surface area contributed by atoms with Gasteiger partial charge in [-0.2, -0.15) is 18.3 Å². The molecule has 0 radical (unpaired) electrons. The number of nitrogens with two attached hydrogens (primary N) is 1. The summed E-state index contributed by atoms with van der Waals surface area (Å²) in [4.78, 5) is 23.1. The molecule has 1 saturated heterocycles. The highest BCUT2D eigenvalue weighted by molar-refractivity contribution is 5.84. The number of aromatic nitrogens is 2. The van der Waals surface area contributed by atoms with Crippen LogP contribution in [0.25, 0.3) is 10.9 Å². The van der Waals surface area contributed by atoms with Gasteiger partial charge in [0.25, 0.3) is 0 Å². The predicted octanol–water partition coefficient (Wildman–Crippen LogP) is 3.19. The number of nitrogens with zero attached hydrogens (tertiary/aromatic N) is 2. The number of H-pyrrole nitrogens is 1. The Balaban J connectivity index is 0.000000406. The highest BCUT2D eigenvalue weighted by Crippen LogP contribution is 2.23. The fourth-order valence-corrected chi connectivity index (χ4v) is 3.43. The maximum Gasteiger partial charge on any atom is 0.490 e. The van der Waals surface area contributed by atoms with Crippen LogP contribution in [0.5, 0.6) is 0 Å². The molecule has 182 valence electrons. The molecular weight excluding hydrogens is 465 g/mol. The Labute approximate surface area is 189 Å². The first-order chi connectivity index (χ1) is 16.0. The van der Waals surface area contributed by atoms with Gasteiger partial charge in [0.1, 0.15) is 17.7 Å². The Kier molecular flexibility index (Phi) is 7.35. The average molecular weight is 485 g/mol. The number of nitrogens with one attached hydrogen (secondary N) is 2. The number of halogens is 5. The monoisotopic (exact) mass is 485 g/mol. The molecule has 1 fully saturated rings. The summed E-state index contributed by atoms with van der Waals surface area (Å²) >= 11 is 0. The SMILES string of the molecule is NC(C(=O)N1CCC(Nc2ccc3[nH]ncc3c2)C1)c1ccc(F)cc1F.O=C(O)C(F)(F)F. The summed E-state index contributed by atoms with van der Waals surface area (Å²) in [5.74, 6) is -4.63. The summed E-state index contributed by atoms with van der Waals surface area (Å²) < 4.78 is 58.7. The van der Waals surface area contributed by atoms with Crippen LogP contribution in [-0.4, -0.2) is 57.4 Å². The molecule has 34 heavy (non-hydrogen) atoms. The van der Waals surface area contributed by atoms with E-state index in [-0.39, 0.29) is 17.5 Å². The Morgan fingerprint density at radius 3 is 2.56 bits per heavy atom. The zero-order valence-electron chi connectivity index (χ0n) is 17.4. The van der Waals surface area contributed by atoms with Crippen molar-refractivity contribution >= 4 is 28.5 Å². The molecule has 1 aliphatic rings. The van der Waals surface area contributed by atoms with Gasteiger partial charge in [-0.3, -0.25) is 9.89 Å². The first-order valence-electron chi connectivity index (χ1n) is 9.95. The third kappa shape index (κ3) is 5.98. The average Bonchev–Trinajstić information content (AvgIpc) is 3.42. The van der Waals surface area contributed by atoms with Crippen LogP contribution in [0.15, 0.2) is 42.6 Å². The molecule has 0 saturated carbocycles. The number of rotatable bonds is 4. The lowest BCUT2D eigenvalue weighted by atomic mass is 10.1. The van der Waals surface area contributed by atoms with Crippen LogP contribution in [0, 0.1) is 11.6 Å². The number of carbonyl (C=O) groups excluding carboxylic acids is 1. The maximum absolute atomic E-state index is 13.9. The number of likely N-dealkylation sites (tertiary alicyclic amines) is 1. The summed E-state index contributed by atoms with van der Waals surface area (Å²) in [5, 5.41) is 18.4. The highest BCUT2D eigenvalue weighted by atomic mass is 19.4. The Hall–Kier alpha value is -3.74. The fourth-order valence-electron chi connectivity index (χ4n) is 3.43. The summed E-state index contributed by atoms with van der Waals surface area (Å²) in [6.45, 7) is 1.000. The molecule has 0 bridgehead atoms. The van der Waals surface area contributed by atoms with E-state index >= 15 is 0 Å². The van der Waals surface area contributed by atoms with Crippen molar-refractivity contribution in [2.24, 2.45) is 5.73 Å². The van der Waals surface area contributed by atoms with Crippen molar-refractivity contribution in [1.82, 2.24) is 15.1 Å². The topological polar surface area (TPSA) is 124 Å². The van der Waals surface area contributed by atoms with E-state index in [4.69, 9.17) is 15.6 Å². The molecule has 1 aliphatic heterocycles.